The van der Waals surface area contributed by atoms with Crippen LogP contribution in [-0.2, 0) is 4.79 Å². The first kappa shape index (κ1) is 19.4. The quantitative estimate of drug-likeness (QED) is 0.368. The van der Waals surface area contributed by atoms with E-state index in [9.17, 15) is 9.59 Å². The molecule has 0 spiro atoms. The van der Waals surface area contributed by atoms with Crippen LogP contribution in [0.2, 0.25) is 0 Å². The molecule has 0 atom stereocenters. The van der Waals surface area contributed by atoms with Gasteiger partial charge in [0.15, 0.2) is 10.1 Å². The van der Waals surface area contributed by atoms with E-state index in [1.54, 1.807) is 31.3 Å². The predicted molar refractivity (Wildman–Crippen MR) is 104 cm³/mol. The molecule has 1 aromatic heterocycles. The first-order valence-corrected chi connectivity index (χ1v) is 9.99. The summed E-state index contributed by atoms with van der Waals surface area (Å²) in [6, 6.07) is 7.01. The molecule has 2 rings (SSSR count). The van der Waals surface area contributed by atoms with Gasteiger partial charge in [-0.25, -0.2) is 0 Å². The maximum atomic E-state index is 12.2. The zero-order valence-corrected chi connectivity index (χ0v) is 16.0. The lowest BCUT2D eigenvalue weighted by molar-refractivity contribution is -0.116. The molecule has 1 aromatic carbocycles. The maximum absolute atomic E-state index is 12.2. The minimum Gasteiger partial charge on any atom is -0.363 e. The lowest BCUT2D eigenvalue weighted by atomic mass is 10.1. The van der Waals surface area contributed by atoms with Crippen LogP contribution >= 0.6 is 23.1 Å². The van der Waals surface area contributed by atoms with E-state index in [1.807, 2.05) is 0 Å². The van der Waals surface area contributed by atoms with E-state index in [4.69, 9.17) is 0 Å². The number of carbonyl (C=O) groups excluding carboxylic acids is 2. The molecule has 0 aliphatic heterocycles. The van der Waals surface area contributed by atoms with Crippen LogP contribution in [0.1, 0.15) is 43.0 Å². The minimum atomic E-state index is 0.0136. The Balaban J connectivity index is 1.81. The molecule has 0 bridgehead atoms. The highest BCUT2D eigenvalue weighted by Crippen LogP contribution is 2.25. The van der Waals surface area contributed by atoms with Crippen LogP contribution in [0.5, 0.6) is 0 Å². The first-order valence-electron chi connectivity index (χ1n) is 8.19. The van der Waals surface area contributed by atoms with E-state index in [-0.39, 0.29) is 11.7 Å². The Kier molecular flexibility index (Phi) is 7.87. The molecule has 25 heavy (non-hydrogen) atoms. The fourth-order valence-electron chi connectivity index (χ4n) is 2.08. The van der Waals surface area contributed by atoms with Crippen LogP contribution in [0, 0.1) is 0 Å². The highest BCUT2D eigenvalue weighted by Gasteiger charge is 2.10. The number of hydrogen-bond donors (Lipinski definition) is 2. The molecule has 0 radical (unpaired) electrons. The summed E-state index contributed by atoms with van der Waals surface area (Å²) in [5.41, 5.74) is 1.34. The Hall–Kier alpha value is -1.93. The Morgan fingerprint density at radius 2 is 1.92 bits per heavy atom. The summed E-state index contributed by atoms with van der Waals surface area (Å²) < 4.78 is 0.758. The van der Waals surface area contributed by atoms with Crippen molar-refractivity contribution in [3.8, 4) is 0 Å². The van der Waals surface area contributed by atoms with E-state index < -0.39 is 0 Å². The molecular weight excluding hydrogens is 356 g/mol. The van der Waals surface area contributed by atoms with Gasteiger partial charge in [-0.1, -0.05) is 42.9 Å². The summed E-state index contributed by atoms with van der Waals surface area (Å²) in [6.45, 7) is 2.11. The summed E-state index contributed by atoms with van der Waals surface area (Å²) in [5, 5.41) is 14.4. The van der Waals surface area contributed by atoms with Crippen molar-refractivity contribution in [2.45, 2.75) is 36.9 Å². The molecule has 2 aromatic rings. The average molecular weight is 379 g/mol. The van der Waals surface area contributed by atoms with Crippen molar-refractivity contribution in [1.82, 2.24) is 10.2 Å². The molecule has 8 heteroatoms. The topological polar surface area (TPSA) is 84.0 Å². The van der Waals surface area contributed by atoms with E-state index >= 15 is 0 Å². The molecule has 1 heterocycles. The van der Waals surface area contributed by atoms with Crippen molar-refractivity contribution in [3.63, 3.8) is 0 Å². The second-order valence-electron chi connectivity index (χ2n) is 5.42. The number of benzene rings is 1. The number of carbonyl (C=O) groups is 2. The number of ketones is 1. The molecule has 2 N–H and O–H groups in total. The van der Waals surface area contributed by atoms with E-state index in [0.29, 0.717) is 23.4 Å². The highest BCUT2D eigenvalue weighted by molar-refractivity contribution is 8.01. The summed E-state index contributed by atoms with van der Waals surface area (Å²) >= 11 is 2.79. The van der Waals surface area contributed by atoms with Gasteiger partial charge in [-0.05, 0) is 30.7 Å². The molecule has 0 saturated heterocycles. The monoisotopic (exact) mass is 378 g/mol. The standard InChI is InChI=1S/C17H22N4O2S2/c1-3-4-5-6-15(23)19-13-9-7-12(8-10-13)14(22)11-24-17-21-20-16(18-2)25-17/h7-10H,3-6,11H2,1-2H3,(H,18,20)(H,19,23). The van der Waals surface area contributed by atoms with Gasteiger partial charge in [0, 0.05) is 24.7 Å². The number of nitrogens with one attached hydrogen (secondary N) is 2. The van der Waals surface area contributed by atoms with Crippen molar-refractivity contribution < 1.29 is 9.59 Å². The zero-order valence-electron chi connectivity index (χ0n) is 14.4. The van der Waals surface area contributed by atoms with Crippen molar-refractivity contribution in [2.75, 3.05) is 23.4 Å². The van der Waals surface area contributed by atoms with Gasteiger partial charge in [0.25, 0.3) is 0 Å². The number of hydrogen-bond acceptors (Lipinski definition) is 7. The Labute approximate surface area is 155 Å². The van der Waals surface area contributed by atoms with Gasteiger partial charge >= 0.3 is 0 Å². The van der Waals surface area contributed by atoms with Gasteiger partial charge in [-0.2, -0.15) is 0 Å². The lowest BCUT2D eigenvalue weighted by Gasteiger charge is -2.06. The van der Waals surface area contributed by atoms with Gasteiger partial charge in [-0.3, -0.25) is 9.59 Å². The Bertz CT molecular complexity index is 701. The van der Waals surface area contributed by atoms with Gasteiger partial charge in [-0.15, -0.1) is 10.2 Å². The highest BCUT2D eigenvalue weighted by atomic mass is 32.2. The van der Waals surface area contributed by atoms with E-state index in [0.717, 1.165) is 28.7 Å². The molecule has 134 valence electrons. The molecule has 1 amide bonds. The smallest absolute Gasteiger partial charge is 0.224 e. The molecule has 0 unspecified atom stereocenters. The number of amides is 1. The third-order valence-corrected chi connectivity index (χ3v) is 5.52. The molecule has 0 fully saturated rings. The number of nitrogens with zero attached hydrogens (tertiary/aromatic N) is 2. The number of anilines is 2. The van der Waals surface area contributed by atoms with Crippen LogP contribution in [0.4, 0.5) is 10.8 Å². The largest absolute Gasteiger partial charge is 0.363 e. The SMILES string of the molecule is CCCCCC(=O)Nc1ccc(C(=O)CSc2nnc(NC)s2)cc1. The normalized spacial score (nSPS) is 10.5. The number of thioether (sulfide) groups is 1. The van der Waals surface area contributed by atoms with E-state index in [1.165, 1.54) is 23.1 Å². The van der Waals surface area contributed by atoms with Gasteiger partial charge in [0.1, 0.15) is 0 Å². The Morgan fingerprint density at radius 3 is 2.56 bits per heavy atom. The second kappa shape index (κ2) is 10.1. The van der Waals surface area contributed by atoms with Crippen LogP contribution in [-0.4, -0.2) is 34.7 Å². The third kappa shape index (κ3) is 6.47. The van der Waals surface area contributed by atoms with Crippen LogP contribution in [0.3, 0.4) is 0 Å². The van der Waals surface area contributed by atoms with Crippen molar-refractivity contribution in [2.24, 2.45) is 0 Å². The van der Waals surface area contributed by atoms with Gasteiger partial charge in [0.05, 0.1) is 5.75 Å². The fourth-order valence-corrected chi connectivity index (χ4v) is 3.68. The second-order valence-corrected chi connectivity index (χ2v) is 7.62. The van der Waals surface area contributed by atoms with Crippen LogP contribution in [0.25, 0.3) is 0 Å². The summed E-state index contributed by atoms with van der Waals surface area (Å²) in [6.07, 6.45) is 3.58. The zero-order chi connectivity index (χ0) is 18.1. The first-order chi connectivity index (χ1) is 12.1. The lowest BCUT2D eigenvalue weighted by Crippen LogP contribution is -2.11. The van der Waals surface area contributed by atoms with E-state index in [2.05, 4.69) is 27.8 Å². The summed E-state index contributed by atoms with van der Waals surface area (Å²) in [7, 11) is 1.78. The molecule has 0 aliphatic rings. The molecule has 0 aliphatic carbocycles. The van der Waals surface area contributed by atoms with Crippen LogP contribution < -0.4 is 10.6 Å². The summed E-state index contributed by atoms with van der Waals surface area (Å²) in [4.78, 5) is 24.0. The van der Waals surface area contributed by atoms with Gasteiger partial charge < -0.3 is 10.6 Å². The number of rotatable bonds is 10. The van der Waals surface area contributed by atoms with Crippen molar-refractivity contribution in [3.05, 3.63) is 29.8 Å². The molecule has 0 saturated carbocycles. The number of unbranched alkanes of at least 4 members (excludes halogenated alkanes) is 2. The fraction of sp³-hybridized carbons (Fsp3) is 0.412. The number of aromatic nitrogens is 2. The van der Waals surface area contributed by atoms with Crippen molar-refractivity contribution in [1.29, 1.82) is 0 Å². The maximum Gasteiger partial charge on any atom is 0.224 e. The minimum absolute atomic E-state index is 0.0136. The molecular formula is C17H22N4O2S2. The Morgan fingerprint density at radius 1 is 1.16 bits per heavy atom. The third-order valence-electron chi connectivity index (χ3n) is 3.45. The van der Waals surface area contributed by atoms with Crippen LogP contribution in [0.15, 0.2) is 28.6 Å². The summed E-state index contributed by atoms with van der Waals surface area (Å²) in [5.74, 6) is 0.341. The molecule has 6 nitrogen and oxygen atoms in total. The average Bonchev–Trinajstić information content (AvgIpc) is 3.08. The number of Topliss-reactive ketones (excluding diaryl/α,β-unsaturated/α-hetero) is 1. The van der Waals surface area contributed by atoms with Crippen molar-refractivity contribution >= 4 is 45.6 Å². The van der Waals surface area contributed by atoms with Gasteiger partial charge in [0.2, 0.25) is 11.0 Å². The predicted octanol–water partition coefficient (Wildman–Crippen LogP) is 4.07.